The number of ether oxygens (including phenoxy) is 2. The number of aromatic nitrogens is 3. The number of anilines is 3. The summed E-state index contributed by atoms with van der Waals surface area (Å²) in [5.74, 6) is 1.16. The van der Waals surface area contributed by atoms with E-state index in [2.05, 4.69) is 30.5 Å². The van der Waals surface area contributed by atoms with E-state index in [1.54, 1.807) is 25.4 Å². The van der Waals surface area contributed by atoms with Gasteiger partial charge in [0.05, 0.1) is 25.0 Å². The molecule has 0 radical (unpaired) electrons. The first kappa shape index (κ1) is 27.3. The zero-order valence-electron chi connectivity index (χ0n) is 22.0. The smallest absolute Gasteiger partial charge is 0.411 e. The van der Waals surface area contributed by atoms with Crippen molar-refractivity contribution in [1.82, 2.24) is 24.8 Å². The molecule has 206 valence electrons. The van der Waals surface area contributed by atoms with E-state index in [-0.39, 0.29) is 24.9 Å². The van der Waals surface area contributed by atoms with Gasteiger partial charge in [-0.3, -0.25) is 10.6 Å². The molecule has 2 aromatic rings. The fourth-order valence-electron chi connectivity index (χ4n) is 4.61. The Kier molecular flexibility index (Phi) is 9.10. The van der Waals surface area contributed by atoms with E-state index in [9.17, 15) is 14.0 Å². The number of likely N-dealkylation sites (tertiary alicyclic amines) is 1. The number of nitrogens with one attached hydrogen (secondary N) is 2. The van der Waals surface area contributed by atoms with E-state index in [1.165, 1.54) is 17.3 Å². The molecule has 2 aliphatic heterocycles. The molecule has 13 heteroatoms. The van der Waals surface area contributed by atoms with Crippen LogP contribution in [0.15, 0.2) is 30.7 Å². The molecular weight excluding hydrogens is 495 g/mol. The van der Waals surface area contributed by atoms with Gasteiger partial charge in [-0.1, -0.05) is 0 Å². The molecule has 0 aliphatic carbocycles. The van der Waals surface area contributed by atoms with Crippen molar-refractivity contribution >= 4 is 29.4 Å². The van der Waals surface area contributed by atoms with Crippen molar-refractivity contribution in [3.05, 3.63) is 30.7 Å². The quantitative estimate of drug-likeness (QED) is 0.556. The number of amides is 3. The number of urea groups is 1. The highest BCUT2D eigenvalue weighted by atomic mass is 19.1. The van der Waals surface area contributed by atoms with Gasteiger partial charge in [-0.15, -0.1) is 0 Å². The molecular formula is C25H35FN8O4. The summed E-state index contributed by atoms with van der Waals surface area (Å²) in [7, 11) is 3.55. The van der Waals surface area contributed by atoms with Crippen molar-refractivity contribution in [3.8, 4) is 5.88 Å². The van der Waals surface area contributed by atoms with E-state index in [0.29, 0.717) is 37.1 Å². The highest BCUT2D eigenvalue weighted by Gasteiger charge is 2.35. The molecule has 3 atom stereocenters. The number of rotatable bonds is 7. The second kappa shape index (κ2) is 12.7. The molecule has 4 heterocycles. The van der Waals surface area contributed by atoms with Crippen molar-refractivity contribution < 1.29 is 23.5 Å². The second-order valence-electron chi connectivity index (χ2n) is 9.49. The lowest BCUT2D eigenvalue weighted by molar-refractivity contribution is 0.0593. The average molecular weight is 531 g/mol. The first-order chi connectivity index (χ1) is 18.3. The molecule has 0 spiro atoms. The third-order valence-electron chi connectivity index (χ3n) is 6.64. The predicted molar refractivity (Wildman–Crippen MR) is 140 cm³/mol. The summed E-state index contributed by atoms with van der Waals surface area (Å²) in [5, 5.41) is 5.41. The number of likely N-dealkylation sites (N-methyl/N-ethyl adjacent to an activating group) is 2. The molecule has 38 heavy (non-hydrogen) atoms. The highest BCUT2D eigenvalue weighted by Crippen LogP contribution is 2.25. The summed E-state index contributed by atoms with van der Waals surface area (Å²) in [4.78, 5) is 43.2. The standard InChI is InChI=1S/C25H35FN8O4/c1-4-37-23-14-28-21(13-29-23)31-24(35)33(3)20-16-34(11-8-19(20)26)22-12-17(7-9-27-22)30-25(36)38-18-6-5-10-32(2)15-18/h7,9,12-14,18-20H,4-6,8,10-11,15-16H2,1-3H3,(H,27,30,36)(H,28,31,35)/t18-,19+,20-/m0/s1. The number of hydrogen-bond donors (Lipinski definition) is 2. The summed E-state index contributed by atoms with van der Waals surface area (Å²) in [5.41, 5.74) is 0.531. The van der Waals surface area contributed by atoms with Crippen LogP contribution >= 0.6 is 0 Å². The van der Waals surface area contributed by atoms with Crippen molar-refractivity contribution in [2.45, 2.75) is 44.5 Å². The lowest BCUT2D eigenvalue weighted by atomic mass is 10.0. The number of halogens is 1. The van der Waals surface area contributed by atoms with E-state index >= 15 is 0 Å². The molecule has 2 aliphatic rings. The Labute approximate surface area is 221 Å². The largest absolute Gasteiger partial charge is 0.477 e. The van der Waals surface area contributed by atoms with E-state index < -0.39 is 24.3 Å². The lowest BCUT2D eigenvalue weighted by Crippen LogP contribution is -2.55. The second-order valence-corrected chi connectivity index (χ2v) is 9.49. The molecule has 4 rings (SSSR count). The summed E-state index contributed by atoms with van der Waals surface area (Å²) >= 11 is 0. The maximum absolute atomic E-state index is 14.9. The molecule has 0 unspecified atom stereocenters. The van der Waals surface area contributed by atoms with E-state index in [0.717, 1.165) is 19.4 Å². The molecule has 2 N–H and O–H groups in total. The van der Waals surface area contributed by atoms with E-state index in [1.807, 2.05) is 18.9 Å². The van der Waals surface area contributed by atoms with Crippen LogP contribution in [0.1, 0.15) is 26.2 Å². The van der Waals surface area contributed by atoms with Gasteiger partial charge in [0, 0.05) is 44.6 Å². The van der Waals surface area contributed by atoms with Crippen LogP contribution in [0.3, 0.4) is 0 Å². The van der Waals surface area contributed by atoms with Gasteiger partial charge >= 0.3 is 12.1 Å². The molecule has 2 saturated heterocycles. The van der Waals surface area contributed by atoms with Crippen molar-refractivity contribution in [2.75, 3.05) is 62.4 Å². The molecule has 3 amide bonds. The van der Waals surface area contributed by atoms with Crippen LogP contribution in [-0.2, 0) is 4.74 Å². The molecule has 12 nitrogen and oxygen atoms in total. The number of carbonyl (C=O) groups is 2. The van der Waals surface area contributed by atoms with Gasteiger partial charge in [0.25, 0.3) is 0 Å². The number of nitrogens with zero attached hydrogens (tertiary/aromatic N) is 6. The Bertz CT molecular complexity index is 1090. The summed E-state index contributed by atoms with van der Waals surface area (Å²) < 4.78 is 25.8. The number of pyridine rings is 1. The summed E-state index contributed by atoms with van der Waals surface area (Å²) in [6.07, 6.45) is 4.56. The molecule has 0 aromatic carbocycles. The highest BCUT2D eigenvalue weighted by molar-refractivity contribution is 5.88. The Morgan fingerprint density at radius 1 is 1.16 bits per heavy atom. The van der Waals surface area contributed by atoms with Gasteiger partial charge in [-0.2, -0.15) is 0 Å². The average Bonchev–Trinajstić information content (AvgIpc) is 2.90. The number of alkyl halides is 1. The summed E-state index contributed by atoms with van der Waals surface area (Å²) in [6.45, 7) is 4.65. The van der Waals surface area contributed by atoms with Crippen LogP contribution in [0, 0.1) is 0 Å². The zero-order chi connectivity index (χ0) is 27.1. The summed E-state index contributed by atoms with van der Waals surface area (Å²) in [6, 6.07) is 2.18. The lowest BCUT2D eigenvalue weighted by Gasteiger charge is -2.40. The number of piperidine rings is 2. The van der Waals surface area contributed by atoms with Crippen LogP contribution in [0.4, 0.5) is 31.3 Å². The first-order valence-electron chi connectivity index (χ1n) is 12.8. The first-order valence-corrected chi connectivity index (χ1v) is 12.8. The van der Waals surface area contributed by atoms with Crippen LogP contribution < -0.4 is 20.3 Å². The van der Waals surface area contributed by atoms with Crippen LogP contribution in [-0.4, -0.2) is 102 Å². The zero-order valence-corrected chi connectivity index (χ0v) is 22.0. The van der Waals surface area contributed by atoms with E-state index in [4.69, 9.17) is 9.47 Å². The molecule has 0 bridgehead atoms. The Morgan fingerprint density at radius 3 is 2.74 bits per heavy atom. The topological polar surface area (TPSA) is 125 Å². The van der Waals surface area contributed by atoms with Crippen molar-refractivity contribution in [2.24, 2.45) is 0 Å². The Morgan fingerprint density at radius 2 is 2.00 bits per heavy atom. The minimum atomic E-state index is -1.21. The molecule has 2 fully saturated rings. The maximum Gasteiger partial charge on any atom is 0.411 e. The third-order valence-corrected chi connectivity index (χ3v) is 6.64. The SMILES string of the molecule is CCOc1cnc(NC(=O)N(C)[C@H]2CN(c3cc(NC(=O)O[C@H]4CCCN(C)C4)ccn3)CC[C@H]2F)cn1. The minimum absolute atomic E-state index is 0.144. The van der Waals surface area contributed by atoms with Gasteiger partial charge in [0.1, 0.15) is 18.1 Å². The van der Waals surface area contributed by atoms with Gasteiger partial charge < -0.3 is 24.2 Å². The van der Waals surface area contributed by atoms with Crippen LogP contribution in [0.5, 0.6) is 5.88 Å². The fraction of sp³-hybridized carbons (Fsp3) is 0.560. The Hall–Kier alpha value is -3.74. The number of carbonyl (C=O) groups excluding carboxylic acids is 2. The minimum Gasteiger partial charge on any atom is -0.477 e. The third kappa shape index (κ3) is 7.18. The molecule has 2 aromatic heterocycles. The molecule has 0 saturated carbocycles. The van der Waals surface area contributed by atoms with Gasteiger partial charge in [0.15, 0.2) is 5.82 Å². The predicted octanol–water partition coefficient (Wildman–Crippen LogP) is 2.99. The maximum atomic E-state index is 14.9. The van der Waals surface area contributed by atoms with Crippen LogP contribution in [0.25, 0.3) is 0 Å². The van der Waals surface area contributed by atoms with Crippen molar-refractivity contribution in [1.29, 1.82) is 0 Å². The monoisotopic (exact) mass is 530 g/mol. The fourth-order valence-corrected chi connectivity index (χ4v) is 4.61. The van der Waals surface area contributed by atoms with Crippen molar-refractivity contribution in [3.63, 3.8) is 0 Å². The normalized spacial score (nSPS) is 21.9. The van der Waals surface area contributed by atoms with Crippen LogP contribution in [0.2, 0.25) is 0 Å². The Balaban J connectivity index is 1.35. The van der Waals surface area contributed by atoms with Gasteiger partial charge in [-0.05, 0) is 45.8 Å². The number of hydrogen-bond acceptors (Lipinski definition) is 9. The van der Waals surface area contributed by atoms with Gasteiger partial charge in [0.2, 0.25) is 5.88 Å². The van der Waals surface area contributed by atoms with Gasteiger partial charge in [-0.25, -0.2) is 28.9 Å².